The topological polar surface area (TPSA) is 49.6 Å². The number of benzene rings is 2. The number of piperidine rings is 1. The van der Waals surface area contributed by atoms with Crippen molar-refractivity contribution in [2.24, 2.45) is 0 Å². The van der Waals surface area contributed by atoms with Crippen LogP contribution in [0.3, 0.4) is 0 Å². The molecule has 1 saturated heterocycles. The van der Waals surface area contributed by atoms with Gasteiger partial charge in [-0.25, -0.2) is 4.98 Å². The lowest BCUT2D eigenvalue weighted by Gasteiger charge is -2.32. The number of nitrogens with zero attached hydrogens (tertiary/aromatic N) is 3. The number of para-hydroxylation sites is 1. The van der Waals surface area contributed by atoms with E-state index in [1.54, 1.807) is 0 Å². The Morgan fingerprint density at radius 2 is 1.75 bits per heavy atom. The molecule has 0 bridgehead atoms. The van der Waals surface area contributed by atoms with Crippen molar-refractivity contribution >= 4 is 22.3 Å². The van der Waals surface area contributed by atoms with Gasteiger partial charge in [0.05, 0.1) is 11.0 Å². The number of hydrogen-bond donors (Lipinski definition) is 1. The van der Waals surface area contributed by atoms with Crippen molar-refractivity contribution in [3.05, 3.63) is 83.3 Å². The van der Waals surface area contributed by atoms with Crippen LogP contribution < -0.4 is 5.32 Å². The first-order chi connectivity index (χ1) is 15.6. The van der Waals surface area contributed by atoms with Gasteiger partial charge < -0.3 is 10.2 Å². The summed E-state index contributed by atoms with van der Waals surface area (Å²) in [5, 5.41) is 4.54. The van der Waals surface area contributed by atoms with Crippen LogP contribution in [0.25, 0.3) is 16.4 Å². The first kappa shape index (κ1) is 20.7. The molecular weight excluding hydrogens is 396 g/mol. The van der Waals surface area contributed by atoms with Gasteiger partial charge in [-0.1, -0.05) is 36.4 Å². The average Bonchev–Trinajstić information content (AvgIpc) is 3.17. The molecule has 1 amide bonds. The van der Waals surface area contributed by atoms with E-state index >= 15 is 0 Å². The molecule has 0 saturated carbocycles. The normalized spacial score (nSPS) is 15.4. The van der Waals surface area contributed by atoms with Crippen LogP contribution in [0.4, 0.5) is 0 Å². The summed E-state index contributed by atoms with van der Waals surface area (Å²) in [5.41, 5.74) is 5.94. The molecule has 1 aliphatic heterocycles. The minimum absolute atomic E-state index is 0.0373. The molecule has 5 heteroatoms. The number of carbonyl (C=O) groups is 1. The zero-order valence-electron chi connectivity index (χ0n) is 18.8. The van der Waals surface area contributed by atoms with E-state index in [1.807, 2.05) is 36.5 Å². The van der Waals surface area contributed by atoms with Crippen LogP contribution in [0.5, 0.6) is 0 Å². The van der Waals surface area contributed by atoms with Crippen LogP contribution in [0.15, 0.2) is 60.8 Å². The van der Waals surface area contributed by atoms with Gasteiger partial charge in [0, 0.05) is 42.8 Å². The summed E-state index contributed by atoms with van der Waals surface area (Å²) < 4.78 is 2.31. The maximum Gasteiger partial charge on any atom is 0.251 e. The predicted molar refractivity (Wildman–Crippen MR) is 129 cm³/mol. The van der Waals surface area contributed by atoms with Crippen molar-refractivity contribution in [1.82, 2.24) is 19.6 Å². The lowest BCUT2D eigenvalue weighted by atomic mass is 10.0. The van der Waals surface area contributed by atoms with Gasteiger partial charge in [0.25, 0.3) is 5.91 Å². The standard InChI is InChI=1S/C27H30N4O/c1-19-18-28-20(2)31-25-11-7-6-10-23(25)24(26(19)31)14-17-30-15-12-22(13-16-30)29-27(32)21-8-4-3-5-9-21/h3-11,18,22H,12-17H2,1-2H3,(H,29,32). The fourth-order valence-electron chi connectivity index (χ4n) is 5.05. The second-order valence-corrected chi connectivity index (χ2v) is 8.87. The van der Waals surface area contributed by atoms with E-state index in [4.69, 9.17) is 0 Å². The third-order valence-corrected chi connectivity index (χ3v) is 6.76. The third kappa shape index (κ3) is 3.89. The lowest BCUT2D eigenvalue weighted by Crippen LogP contribution is -2.45. The molecule has 5 rings (SSSR count). The van der Waals surface area contributed by atoms with Crippen LogP contribution in [-0.2, 0) is 6.42 Å². The molecular formula is C27H30N4O. The number of aromatic nitrogens is 2. The molecule has 2 aromatic carbocycles. The molecule has 1 aliphatic rings. The van der Waals surface area contributed by atoms with E-state index in [1.165, 1.54) is 27.5 Å². The van der Waals surface area contributed by atoms with Gasteiger partial charge in [0.2, 0.25) is 0 Å². The minimum atomic E-state index is 0.0373. The van der Waals surface area contributed by atoms with Crippen molar-refractivity contribution in [2.45, 2.75) is 39.2 Å². The Bertz CT molecular complexity index is 1250. The Hall–Kier alpha value is -3.18. The Balaban J connectivity index is 1.26. The van der Waals surface area contributed by atoms with Crippen molar-refractivity contribution in [3.63, 3.8) is 0 Å². The van der Waals surface area contributed by atoms with Crippen LogP contribution in [0.1, 0.15) is 40.2 Å². The second-order valence-electron chi connectivity index (χ2n) is 8.87. The van der Waals surface area contributed by atoms with E-state index in [9.17, 15) is 4.79 Å². The number of rotatable bonds is 5. The van der Waals surface area contributed by atoms with Gasteiger partial charge in [-0.05, 0) is 62.4 Å². The van der Waals surface area contributed by atoms with Crippen molar-refractivity contribution in [2.75, 3.05) is 19.6 Å². The van der Waals surface area contributed by atoms with Crippen LogP contribution in [0, 0.1) is 13.8 Å². The quantitative estimate of drug-likeness (QED) is 0.510. The van der Waals surface area contributed by atoms with Gasteiger partial charge in [-0.3, -0.25) is 9.20 Å². The molecule has 0 radical (unpaired) electrons. The first-order valence-corrected chi connectivity index (χ1v) is 11.5. The smallest absolute Gasteiger partial charge is 0.251 e. The number of aryl methyl sites for hydroxylation is 2. The molecule has 0 unspecified atom stereocenters. The predicted octanol–water partition coefficient (Wildman–Crippen LogP) is 4.54. The summed E-state index contributed by atoms with van der Waals surface area (Å²) in [4.78, 5) is 19.6. The molecule has 4 aromatic rings. The highest BCUT2D eigenvalue weighted by atomic mass is 16.1. The first-order valence-electron chi connectivity index (χ1n) is 11.5. The van der Waals surface area contributed by atoms with Gasteiger partial charge in [0.1, 0.15) is 5.82 Å². The molecule has 32 heavy (non-hydrogen) atoms. The van der Waals surface area contributed by atoms with Crippen molar-refractivity contribution < 1.29 is 4.79 Å². The zero-order chi connectivity index (χ0) is 22.1. The zero-order valence-corrected chi connectivity index (χ0v) is 18.8. The van der Waals surface area contributed by atoms with Crippen LogP contribution >= 0.6 is 0 Å². The Labute approximate surface area is 189 Å². The molecule has 5 nitrogen and oxygen atoms in total. The summed E-state index contributed by atoms with van der Waals surface area (Å²) >= 11 is 0. The van der Waals surface area contributed by atoms with Gasteiger partial charge in [-0.15, -0.1) is 0 Å². The van der Waals surface area contributed by atoms with E-state index in [0.29, 0.717) is 0 Å². The highest BCUT2D eigenvalue weighted by molar-refractivity contribution is 5.94. The fraction of sp³-hybridized carbons (Fsp3) is 0.333. The number of hydrogen-bond acceptors (Lipinski definition) is 3. The summed E-state index contributed by atoms with van der Waals surface area (Å²) in [7, 11) is 0. The lowest BCUT2D eigenvalue weighted by molar-refractivity contribution is 0.0911. The van der Waals surface area contributed by atoms with E-state index in [0.717, 1.165) is 50.3 Å². The van der Waals surface area contributed by atoms with E-state index in [2.05, 4.69) is 57.7 Å². The molecule has 1 N–H and O–H groups in total. The molecule has 3 heterocycles. The molecule has 0 aliphatic carbocycles. The maximum absolute atomic E-state index is 12.5. The Morgan fingerprint density at radius 3 is 2.53 bits per heavy atom. The molecule has 2 aromatic heterocycles. The van der Waals surface area contributed by atoms with E-state index in [-0.39, 0.29) is 11.9 Å². The van der Waals surface area contributed by atoms with Crippen LogP contribution in [0.2, 0.25) is 0 Å². The average molecular weight is 427 g/mol. The van der Waals surface area contributed by atoms with E-state index < -0.39 is 0 Å². The number of fused-ring (bicyclic) bond motifs is 3. The number of likely N-dealkylation sites (tertiary alicyclic amines) is 1. The maximum atomic E-state index is 12.5. The highest BCUT2D eigenvalue weighted by Gasteiger charge is 2.22. The van der Waals surface area contributed by atoms with Crippen molar-refractivity contribution in [1.29, 1.82) is 0 Å². The Kier molecular flexibility index (Phi) is 5.66. The monoisotopic (exact) mass is 426 g/mol. The van der Waals surface area contributed by atoms with Crippen molar-refractivity contribution in [3.8, 4) is 0 Å². The largest absolute Gasteiger partial charge is 0.349 e. The number of amides is 1. The van der Waals surface area contributed by atoms with Gasteiger partial charge in [0.15, 0.2) is 0 Å². The Morgan fingerprint density at radius 1 is 1.03 bits per heavy atom. The summed E-state index contributed by atoms with van der Waals surface area (Å²) in [5.74, 6) is 1.07. The van der Waals surface area contributed by atoms with Gasteiger partial charge in [-0.2, -0.15) is 0 Å². The second kappa shape index (κ2) is 8.75. The molecule has 0 spiro atoms. The number of nitrogens with one attached hydrogen (secondary N) is 1. The molecule has 164 valence electrons. The summed E-state index contributed by atoms with van der Waals surface area (Å²) in [6, 6.07) is 18.4. The fourth-order valence-corrected chi connectivity index (χ4v) is 5.05. The SMILES string of the molecule is Cc1cnc(C)n2c1c(CCN1CCC(NC(=O)c3ccccc3)CC1)c1ccccc12. The number of carbonyl (C=O) groups excluding carboxylic acids is 1. The minimum Gasteiger partial charge on any atom is -0.349 e. The third-order valence-electron chi connectivity index (χ3n) is 6.76. The molecule has 1 fully saturated rings. The summed E-state index contributed by atoms with van der Waals surface area (Å²) in [6.45, 7) is 7.30. The molecule has 0 atom stereocenters. The van der Waals surface area contributed by atoms with Crippen LogP contribution in [-0.4, -0.2) is 45.9 Å². The van der Waals surface area contributed by atoms with Gasteiger partial charge >= 0.3 is 0 Å². The summed E-state index contributed by atoms with van der Waals surface area (Å²) in [6.07, 6.45) is 5.01. The highest BCUT2D eigenvalue weighted by Crippen LogP contribution is 2.30.